The molecule has 0 aromatic heterocycles. The second-order valence-electron chi connectivity index (χ2n) is 4.91. The second kappa shape index (κ2) is 8.47. The van der Waals surface area contributed by atoms with Crippen LogP contribution in [0.25, 0.3) is 6.08 Å². The number of rotatable bonds is 5. The molecular weight excluding hydrogens is 413 g/mol. The molecule has 0 bridgehead atoms. The van der Waals surface area contributed by atoms with Crippen LogP contribution in [0.15, 0.2) is 51.7 Å². The van der Waals surface area contributed by atoms with Gasteiger partial charge in [-0.15, -0.1) is 0 Å². The highest BCUT2D eigenvalue weighted by Gasteiger charge is 2.10. The number of hydrogen-bond acceptors (Lipinski definition) is 3. The first-order chi connectivity index (χ1) is 11.4. The van der Waals surface area contributed by atoms with Crippen LogP contribution in [0.4, 0.5) is 5.69 Å². The molecule has 24 heavy (non-hydrogen) atoms. The normalized spacial score (nSPS) is 10.8. The van der Waals surface area contributed by atoms with Crippen molar-refractivity contribution in [3.05, 3.63) is 78.3 Å². The molecule has 0 radical (unpaired) electrons. The molecule has 0 aliphatic carbocycles. The van der Waals surface area contributed by atoms with Gasteiger partial charge in [0.15, 0.2) is 5.78 Å². The highest BCUT2D eigenvalue weighted by Crippen LogP contribution is 2.22. The number of allylic oxidation sites excluding steroid dienone is 1. The van der Waals surface area contributed by atoms with E-state index >= 15 is 0 Å². The molecule has 2 aromatic carbocycles. The van der Waals surface area contributed by atoms with Crippen molar-refractivity contribution in [3.63, 3.8) is 0 Å². The number of ketones is 1. The lowest BCUT2D eigenvalue weighted by Gasteiger charge is -2.00. The van der Waals surface area contributed by atoms with E-state index in [0.29, 0.717) is 32.3 Å². The van der Waals surface area contributed by atoms with Crippen LogP contribution < -0.4 is 10.7 Å². The van der Waals surface area contributed by atoms with Crippen molar-refractivity contribution in [2.45, 2.75) is 6.92 Å². The van der Waals surface area contributed by atoms with E-state index in [1.54, 1.807) is 36.4 Å². The molecule has 124 valence electrons. The van der Waals surface area contributed by atoms with Gasteiger partial charge >= 0.3 is 0 Å². The van der Waals surface area contributed by atoms with Gasteiger partial charge in [-0.1, -0.05) is 45.2 Å². The third-order valence-corrected chi connectivity index (χ3v) is 4.25. The molecule has 6 heteroatoms. The maximum atomic E-state index is 12.5. The minimum atomic E-state index is -0.401. The molecule has 0 amide bonds. The molecule has 0 aliphatic heterocycles. The van der Waals surface area contributed by atoms with Gasteiger partial charge in [-0.3, -0.25) is 9.59 Å². The third kappa shape index (κ3) is 4.69. The lowest BCUT2D eigenvalue weighted by molar-refractivity contribution is 0.104. The van der Waals surface area contributed by atoms with Crippen LogP contribution in [-0.4, -0.2) is 12.3 Å². The maximum Gasteiger partial charge on any atom is 0.212 e. The maximum absolute atomic E-state index is 12.5. The Morgan fingerprint density at radius 3 is 2.62 bits per heavy atom. The Morgan fingerprint density at radius 1 is 1.21 bits per heavy atom. The van der Waals surface area contributed by atoms with Crippen molar-refractivity contribution < 1.29 is 4.79 Å². The van der Waals surface area contributed by atoms with Crippen LogP contribution in [-0.2, 0) is 0 Å². The van der Waals surface area contributed by atoms with Crippen LogP contribution >= 0.6 is 39.1 Å². The number of hydrogen-bond donors (Lipinski definition) is 1. The molecule has 0 saturated heterocycles. The Hall–Kier alpha value is -1.62. The average molecular weight is 427 g/mol. The molecular formula is C18H14BrCl2NO2. The molecule has 3 nitrogen and oxygen atoms in total. The summed E-state index contributed by atoms with van der Waals surface area (Å²) in [6.45, 7) is 2.46. The van der Waals surface area contributed by atoms with E-state index in [1.807, 2.05) is 6.92 Å². The van der Waals surface area contributed by atoms with Crippen molar-refractivity contribution in [3.8, 4) is 0 Å². The predicted octanol–water partition coefficient (Wildman–Crippen LogP) is 5.44. The fourth-order valence-electron chi connectivity index (χ4n) is 2.04. The highest BCUT2D eigenvalue weighted by atomic mass is 79.9. The van der Waals surface area contributed by atoms with Gasteiger partial charge in [0.2, 0.25) is 5.43 Å². The minimum absolute atomic E-state index is 0.0733. The van der Waals surface area contributed by atoms with E-state index in [1.165, 1.54) is 12.1 Å². The first-order valence-corrected chi connectivity index (χ1v) is 8.72. The summed E-state index contributed by atoms with van der Waals surface area (Å²) in [4.78, 5) is 25.0. The summed E-state index contributed by atoms with van der Waals surface area (Å²) in [5.74, 6) is -0.401. The number of benzene rings is 1. The number of halogens is 3. The van der Waals surface area contributed by atoms with E-state index in [-0.39, 0.29) is 11.0 Å². The van der Waals surface area contributed by atoms with Crippen molar-refractivity contribution in [2.75, 3.05) is 11.9 Å². The van der Waals surface area contributed by atoms with Crippen LogP contribution in [0.1, 0.15) is 22.8 Å². The fraction of sp³-hybridized carbons (Fsp3) is 0.111. The van der Waals surface area contributed by atoms with Gasteiger partial charge in [-0.05, 0) is 55.0 Å². The Kier molecular flexibility index (Phi) is 6.60. The lowest BCUT2D eigenvalue weighted by Crippen LogP contribution is -2.15. The average Bonchev–Trinajstić information content (AvgIpc) is 2.67. The van der Waals surface area contributed by atoms with E-state index in [0.717, 1.165) is 0 Å². The van der Waals surface area contributed by atoms with E-state index < -0.39 is 5.78 Å². The van der Waals surface area contributed by atoms with Gasteiger partial charge in [0, 0.05) is 21.1 Å². The van der Waals surface area contributed by atoms with Gasteiger partial charge < -0.3 is 5.32 Å². The summed E-state index contributed by atoms with van der Waals surface area (Å²) in [5.41, 5.74) is 0.751. The summed E-state index contributed by atoms with van der Waals surface area (Å²) >= 11 is 15.2. The summed E-state index contributed by atoms with van der Waals surface area (Å²) in [7, 11) is 0. The van der Waals surface area contributed by atoms with Gasteiger partial charge in [0.25, 0.3) is 0 Å². The molecule has 0 aliphatic rings. The summed E-state index contributed by atoms with van der Waals surface area (Å²) in [6.07, 6.45) is 2.89. The molecule has 2 aromatic rings. The number of carbonyl (C=O) groups is 1. The minimum Gasteiger partial charge on any atom is -0.382 e. The van der Waals surface area contributed by atoms with Crippen LogP contribution in [0.3, 0.4) is 0 Å². The Bertz CT molecular complexity index is 866. The monoisotopic (exact) mass is 425 g/mol. The lowest BCUT2D eigenvalue weighted by atomic mass is 10.1. The molecule has 0 saturated carbocycles. The van der Waals surface area contributed by atoms with Crippen molar-refractivity contribution in [1.82, 2.24) is 0 Å². The van der Waals surface area contributed by atoms with Crippen molar-refractivity contribution in [1.29, 1.82) is 0 Å². The van der Waals surface area contributed by atoms with Gasteiger partial charge in [-0.2, -0.15) is 0 Å². The van der Waals surface area contributed by atoms with Gasteiger partial charge in [0.05, 0.1) is 11.3 Å². The quantitative estimate of drug-likeness (QED) is 0.511. The largest absolute Gasteiger partial charge is 0.382 e. The highest BCUT2D eigenvalue weighted by molar-refractivity contribution is 9.10. The Balaban J connectivity index is 2.41. The fourth-order valence-corrected chi connectivity index (χ4v) is 2.87. The zero-order chi connectivity index (χ0) is 17.7. The molecule has 0 spiro atoms. The van der Waals surface area contributed by atoms with Gasteiger partial charge in [-0.25, -0.2) is 0 Å². The zero-order valence-electron chi connectivity index (χ0n) is 12.8. The van der Waals surface area contributed by atoms with Crippen molar-refractivity contribution in [2.24, 2.45) is 0 Å². The number of anilines is 1. The molecule has 1 N–H and O–H groups in total. The molecule has 0 unspecified atom stereocenters. The molecule has 0 fully saturated rings. The standard InChI is InChI=1S/C18H14BrCl2NO2/c1-2-22-16-7-5-12(19)9-14(18(16)24)17(23)8-4-11-3-6-13(20)10-15(11)21/h3-10H,2H2,1H3,(H,22,24)/b8-4-. The van der Waals surface area contributed by atoms with E-state index in [2.05, 4.69) is 21.2 Å². The SMILES string of the molecule is CCNc1ccc(Br)cc(C(=O)/C=C\c2ccc(Cl)cc2Cl)c1=O. The van der Waals surface area contributed by atoms with E-state index in [4.69, 9.17) is 23.2 Å². The Labute approximate surface area is 158 Å². The van der Waals surface area contributed by atoms with E-state index in [9.17, 15) is 9.59 Å². The number of nitrogens with one attached hydrogen (secondary N) is 1. The summed E-state index contributed by atoms with van der Waals surface area (Å²) in [5, 5.41) is 3.91. The zero-order valence-corrected chi connectivity index (χ0v) is 15.9. The first kappa shape index (κ1) is 18.7. The van der Waals surface area contributed by atoms with Crippen LogP contribution in [0.2, 0.25) is 10.0 Å². The topological polar surface area (TPSA) is 46.2 Å². The number of carbonyl (C=O) groups excluding carboxylic acids is 1. The smallest absolute Gasteiger partial charge is 0.212 e. The summed E-state index contributed by atoms with van der Waals surface area (Å²) in [6, 6.07) is 9.85. The first-order valence-electron chi connectivity index (χ1n) is 7.17. The second-order valence-corrected chi connectivity index (χ2v) is 6.67. The molecule has 0 atom stereocenters. The summed E-state index contributed by atoms with van der Waals surface area (Å²) < 4.78 is 0.644. The predicted molar refractivity (Wildman–Crippen MR) is 104 cm³/mol. The van der Waals surface area contributed by atoms with Crippen LogP contribution in [0.5, 0.6) is 0 Å². The molecule has 2 rings (SSSR count). The van der Waals surface area contributed by atoms with Crippen LogP contribution in [0, 0.1) is 0 Å². The Morgan fingerprint density at radius 2 is 1.96 bits per heavy atom. The van der Waals surface area contributed by atoms with Crippen molar-refractivity contribution >= 4 is 56.7 Å². The van der Waals surface area contributed by atoms with Gasteiger partial charge in [0.1, 0.15) is 0 Å². The third-order valence-electron chi connectivity index (χ3n) is 3.19. The molecule has 0 heterocycles.